The predicted molar refractivity (Wildman–Crippen MR) is 14.1 cm³/mol. The van der Waals surface area contributed by atoms with Crippen molar-refractivity contribution in [2.75, 3.05) is 0 Å². The molecule has 0 aromatic rings. The molecule has 0 unspecified atom stereocenters. The summed E-state index contributed by atoms with van der Waals surface area (Å²) in [6.45, 7) is 0. The molecule has 0 bridgehead atoms. The van der Waals surface area contributed by atoms with E-state index in [4.69, 9.17) is 17.7 Å². The maximum atomic E-state index is 8.74. The van der Waals surface area contributed by atoms with E-state index in [9.17, 15) is 0 Å². The summed E-state index contributed by atoms with van der Waals surface area (Å²) < 4.78 is 17.0. The van der Waals surface area contributed by atoms with Gasteiger partial charge in [-0.3, -0.25) is 4.57 Å². The van der Waals surface area contributed by atoms with Gasteiger partial charge in [0.25, 0.3) is 0 Å². The summed E-state index contributed by atoms with van der Waals surface area (Å²) in [6, 6.07) is 0. The van der Waals surface area contributed by atoms with Crippen molar-refractivity contribution in [2.45, 2.75) is 0 Å². The summed E-state index contributed by atoms with van der Waals surface area (Å²) in [6.07, 6.45) is 0. The Balaban J connectivity index is 0. The molecule has 0 aliphatic rings. The first-order chi connectivity index (χ1) is 2.73. The van der Waals surface area contributed by atoms with E-state index in [0.717, 1.165) is 20.4 Å². The second-order valence-electron chi connectivity index (χ2n) is 0.283. The molecule has 0 radical (unpaired) electrons. The molecule has 0 rings (SSSR count). The van der Waals surface area contributed by atoms with Crippen LogP contribution in [0.25, 0.3) is 0 Å². The average molecular weight is 146 g/mol. The van der Waals surface area contributed by atoms with Crippen molar-refractivity contribution in [3.63, 3.8) is 0 Å². The van der Waals surface area contributed by atoms with Crippen molar-refractivity contribution in [3.05, 3.63) is 0 Å². The molecule has 0 fully saturated rings. The van der Waals surface area contributed by atoms with Crippen LogP contribution in [0.5, 0.6) is 0 Å². The van der Waals surface area contributed by atoms with Gasteiger partial charge >= 0.3 is 32.0 Å². The van der Waals surface area contributed by atoms with Gasteiger partial charge in [0.2, 0.25) is 0 Å². The summed E-state index contributed by atoms with van der Waals surface area (Å²) in [5.41, 5.74) is 0. The van der Waals surface area contributed by atoms with Crippen LogP contribution >= 0.6 is 8.25 Å². The van der Waals surface area contributed by atoms with E-state index in [-0.39, 0.29) is 0 Å². The van der Waals surface area contributed by atoms with Crippen molar-refractivity contribution in [1.29, 1.82) is 0 Å². The second kappa shape index (κ2) is 9.18. The zero-order valence-electron chi connectivity index (χ0n) is 2.71. The zero-order chi connectivity index (χ0) is 5.58. The Kier molecular flexibility index (Phi) is 15.0. The fraction of sp³-hybridized carbons (Fsp3) is 0. The van der Waals surface area contributed by atoms with Crippen LogP contribution in [0.2, 0.25) is 0 Å². The monoisotopic (exact) mass is 146 g/mol. The van der Waals surface area contributed by atoms with Crippen molar-refractivity contribution >= 4 is 8.25 Å². The molecule has 0 aromatic heterocycles. The Bertz CT molecular complexity index is 38.8. The molecule has 6 heavy (non-hydrogen) atoms. The molecule has 6 heteroatoms. The molecular weight excluding hydrogens is 143 g/mol. The van der Waals surface area contributed by atoms with E-state index in [1.807, 2.05) is 0 Å². The molecule has 0 aliphatic heterocycles. The summed E-state index contributed by atoms with van der Waals surface area (Å²) in [5.74, 6) is 0. The van der Waals surface area contributed by atoms with Crippen LogP contribution in [0.1, 0.15) is 0 Å². The van der Waals surface area contributed by atoms with E-state index >= 15 is 0 Å². The standard InChI is InChI=1S/H3O3P.O.Ti/c1-4(2)3;;/h4H,(H2,1,2,3);;. The van der Waals surface area contributed by atoms with Crippen molar-refractivity contribution in [3.8, 4) is 0 Å². The molecule has 0 saturated heterocycles. The summed E-state index contributed by atoms with van der Waals surface area (Å²) in [7, 11) is -3.13. The van der Waals surface area contributed by atoms with E-state index in [0.29, 0.717) is 0 Å². The average Bonchev–Trinajstić information content (AvgIpc) is 1.41. The number of hydrogen-bond donors (Lipinski definition) is 2. The van der Waals surface area contributed by atoms with Crippen molar-refractivity contribution < 1.29 is 38.1 Å². The SMILES string of the molecule is O=[PH](O)O.[O]=[Ti]. The van der Waals surface area contributed by atoms with E-state index in [2.05, 4.69) is 0 Å². The van der Waals surface area contributed by atoms with Gasteiger partial charge in [0.15, 0.2) is 0 Å². The first-order valence-corrected chi connectivity index (χ1v) is 2.80. The molecule has 0 aromatic carbocycles. The molecular formula is H3O4PTi. The Morgan fingerprint density at radius 3 is 1.33 bits per heavy atom. The van der Waals surface area contributed by atoms with Gasteiger partial charge in [-0.05, 0) is 0 Å². The predicted octanol–water partition coefficient (Wildman–Crippen LogP) is -0.761. The van der Waals surface area contributed by atoms with E-state index in [1.54, 1.807) is 0 Å². The minimum absolute atomic E-state index is 0.750. The van der Waals surface area contributed by atoms with Gasteiger partial charge in [-0.15, -0.1) is 0 Å². The van der Waals surface area contributed by atoms with E-state index < -0.39 is 8.25 Å². The quantitative estimate of drug-likeness (QED) is 0.347. The molecule has 2 N–H and O–H groups in total. The van der Waals surface area contributed by atoms with Crippen LogP contribution in [-0.4, -0.2) is 9.79 Å². The Hall–Kier alpha value is 0.664. The fourth-order valence-corrected chi connectivity index (χ4v) is 0. The molecule has 0 atom stereocenters. The van der Waals surface area contributed by atoms with Gasteiger partial charge in [-0.25, -0.2) is 0 Å². The summed E-state index contributed by atoms with van der Waals surface area (Å²) in [4.78, 5) is 14.3. The van der Waals surface area contributed by atoms with Gasteiger partial charge < -0.3 is 9.79 Å². The Morgan fingerprint density at radius 2 is 1.33 bits per heavy atom. The van der Waals surface area contributed by atoms with Gasteiger partial charge in [0, 0.05) is 0 Å². The van der Waals surface area contributed by atoms with Crippen LogP contribution in [0.15, 0.2) is 0 Å². The number of rotatable bonds is 0. The first-order valence-electron chi connectivity index (χ1n) is 0.855. The summed E-state index contributed by atoms with van der Waals surface area (Å²) in [5, 5.41) is 0. The third kappa shape index (κ3) is 142. The first kappa shape index (κ1) is 9.83. The maximum absolute atomic E-state index is 8.74. The van der Waals surface area contributed by atoms with Gasteiger partial charge in [-0.2, -0.15) is 0 Å². The van der Waals surface area contributed by atoms with Crippen LogP contribution in [-0.2, 0) is 28.3 Å². The third-order valence-electron chi connectivity index (χ3n) is 0. The molecule has 4 nitrogen and oxygen atoms in total. The molecule has 0 aliphatic carbocycles. The summed E-state index contributed by atoms with van der Waals surface area (Å²) >= 11 is 0.750. The van der Waals surface area contributed by atoms with Crippen LogP contribution in [0.3, 0.4) is 0 Å². The van der Waals surface area contributed by atoms with Gasteiger partial charge in [0.05, 0.1) is 0 Å². The molecule has 0 spiro atoms. The normalized spacial score (nSPS) is 6.33. The Labute approximate surface area is 46.9 Å². The van der Waals surface area contributed by atoms with E-state index in [1.165, 1.54) is 0 Å². The van der Waals surface area contributed by atoms with Gasteiger partial charge in [-0.1, -0.05) is 0 Å². The topological polar surface area (TPSA) is 74.6 Å². The zero-order valence-corrected chi connectivity index (χ0v) is 5.27. The van der Waals surface area contributed by atoms with Gasteiger partial charge in [0.1, 0.15) is 0 Å². The molecule has 0 heterocycles. The molecule has 36 valence electrons. The Morgan fingerprint density at radius 1 is 1.33 bits per heavy atom. The van der Waals surface area contributed by atoms with Crippen LogP contribution in [0.4, 0.5) is 0 Å². The van der Waals surface area contributed by atoms with Crippen molar-refractivity contribution in [2.24, 2.45) is 0 Å². The third-order valence-corrected chi connectivity index (χ3v) is 0. The van der Waals surface area contributed by atoms with Crippen LogP contribution < -0.4 is 0 Å². The molecule has 0 amide bonds. The van der Waals surface area contributed by atoms with Crippen LogP contribution in [0, 0.1) is 0 Å². The number of hydrogen-bond acceptors (Lipinski definition) is 2. The molecule has 0 saturated carbocycles. The second-order valence-corrected chi connectivity index (χ2v) is 0.848. The fourth-order valence-electron chi connectivity index (χ4n) is 0. The minimum atomic E-state index is -3.13. The van der Waals surface area contributed by atoms with Crippen molar-refractivity contribution in [1.82, 2.24) is 0 Å².